The first-order valence-electron chi connectivity index (χ1n) is 4.77. The molecule has 0 spiro atoms. The maximum absolute atomic E-state index is 5.59. The van der Waals surface area contributed by atoms with Gasteiger partial charge in [-0.15, -0.1) is 0 Å². The highest BCUT2D eigenvalue weighted by Crippen LogP contribution is 2.37. The Morgan fingerprint density at radius 1 is 1.33 bits per heavy atom. The summed E-state index contributed by atoms with van der Waals surface area (Å²) in [5.74, 6) is 0.178. The average molecular weight is 273 g/mol. The highest BCUT2D eigenvalue weighted by atomic mass is 79.9. The number of rotatable bonds is 2. The largest absolute Gasteiger partial charge is 0.497 e. The maximum atomic E-state index is 5.59. The van der Waals surface area contributed by atoms with Gasteiger partial charge in [-0.3, -0.25) is 0 Å². The minimum Gasteiger partial charge on any atom is -0.497 e. The van der Waals surface area contributed by atoms with Crippen molar-refractivity contribution in [1.29, 1.82) is 0 Å². The van der Waals surface area contributed by atoms with Gasteiger partial charge in [-0.1, -0.05) is 15.9 Å². The summed E-state index contributed by atoms with van der Waals surface area (Å²) in [5, 5.41) is 0. The highest BCUT2D eigenvalue weighted by molar-refractivity contribution is 9.10. The Kier molecular flexibility index (Phi) is 3.00. The summed E-state index contributed by atoms with van der Waals surface area (Å²) in [5.41, 5.74) is 0.987. The number of ether oxygens (including phenoxy) is 3. The van der Waals surface area contributed by atoms with Crippen LogP contribution in [0.25, 0.3) is 0 Å². The van der Waals surface area contributed by atoms with Gasteiger partial charge in [0.2, 0.25) is 0 Å². The maximum Gasteiger partial charge on any atom is 0.193 e. The van der Waals surface area contributed by atoms with Gasteiger partial charge in [0.15, 0.2) is 5.79 Å². The zero-order chi connectivity index (χ0) is 10.9. The third kappa shape index (κ3) is 2.02. The molecule has 1 aromatic carbocycles. The van der Waals surface area contributed by atoms with Crippen LogP contribution in [0.5, 0.6) is 5.75 Å². The lowest BCUT2D eigenvalue weighted by molar-refractivity contribution is -0.150. The molecule has 1 aliphatic heterocycles. The fraction of sp³-hybridized carbons (Fsp3) is 0.455. The van der Waals surface area contributed by atoms with Crippen LogP contribution in [0.2, 0.25) is 0 Å². The molecule has 15 heavy (non-hydrogen) atoms. The smallest absolute Gasteiger partial charge is 0.193 e. The summed E-state index contributed by atoms with van der Waals surface area (Å²) in [6.07, 6.45) is 0. The van der Waals surface area contributed by atoms with Gasteiger partial charge in [0.25, 0.3) is 0 Å². The van der Waals surface area contributed by atoms with Crippen LogP contribution in [0.1, 0.15) is 12.5 Å². The van der Waals surface area contributed by atoms with E-state index < -0.39 is 5.79 Å². The molecule has 1 aromatic rings. The Labute approximate surface area is 97.5 Å². The molecule has 0 unspecified atom stereocenters. The molecule has 0 aliphatic carbocycles. The summed E-state index contributed by atoms with van der Waals surface area (Å²) in [7, 11) is 1.64. The van der Waals surface area contributed by atoms with E-state index in [9.17, 15) is 0 Å². The van der Waals surface area contributed by atoms with E-state index in [2.05, 4.69) is 15.9 Å². The van der Waals surface area contributed by atoms with Crippen LogP contribution in [0, 0.1) is 0 Å². The second-order valence-corrected chi connectivity index (χ2v) is 4.34. The molecule has 1 aliphatic rings. The fourth-order valence-corrected chi connectivity index (χ4v) is 2.38. The van der Waals surface area contributed by atoms with Gasteiger partial charge in [0.05, 0.1) is 20.3 Å². The molecule has 0 aromatic heterocycles. The van der Waals surface area contributed by atoms with Crippen LogP contribution in [0.3, 0.4) is 0 Å². The Bertz CT molecular complexity index is 359. The third-order valence-corrected chi connectivity index (χ3v) is 3.16. The third-order valence-electron chi connectivity index (χ3n) is 2.50. The molecule has 4 heteroatoms. The number of benzene rings is 1. The average Bonchev–Trinajstić information content (AvgIpc) is 2.65. The molecule has 1 saturated heterocycles. The molecule has 0 amide bonds. The standard InChI is InChI=1S/C11H13BrO3/c1-11(14-5-6-15-11)9-4-3-8(13-2)7-10(9)12/h3-4,7H,5-6H2,1-2H3. The van der Waals surface area contributed by atoms with E-state index in [1.165, 1.54) is 0 Å². The van der Waals surface area contributed by atoms with Crippen molar-refractivity contribution in [3.05, 3.63) is 28.2 Å². The molecule has 0 bridgehead atoms. The van der Waals surface area contributed by atoms with Crippen molar-refractivity contribution in [1.82, 2.24) is 0 Å². The van der Waals surface area contributed by atoms with Crippen molar-refractivity contribution < 1.29 is 14.2 Å². The molecule has 0 atom stereocenters. The second kappa shape index (κ2) is 4.12. The van der Waals surface area contributed by atoms with Crippen LogP contribution in [-0.4, -0.2) is 20.3 Å². The molecule has 0 N–H and O–H groups in total. The van der Waals surface area contributed by atoms with E-state index in [0.717, 1.165) is 15.8 Å². The van der Waals surface area contributed by atoms with Crippen molar-refractivity contribution in [3.63, 3.8) is 0 Å². The quantitative estimate of drug-likeness (QED) is 0.829. The van der Waals surface area contributed by atoms with E-state index in [1.54, 1.807) is 7.11 Å². The lowest BCUT2D eigenvalue weighted by Crippen LogP contribution is -2.22. The molecular weight excluding hydrogens is 260 g/mol. The van der Waals surface area contributed by atoms with Crippen molar-refractivity contribution >= 4 is 15.9 Å². The molecule has 2 rings (SSSR count). The summed E-state index contributed by atoms with van der Waals surface area (Å²) >= 11 is 3.49. The SMILES string of the molecule is COc1ccc(C2(C)OCCO2)c(Br)c1. The normalized spacial score (nSPS) is 19.1. The summed E-state index contributed by atoms with van der Waals surface area (Å²) in [6, 6.07) is 5.76. The van der Waals surface area contributed by atoms with E-state index in [1.807, 2.05) is 25.1 Å². The van der Waals surface area contributed by atoms with Gasteiger partial charge < -0.3 is 14.2 Å². The predicted molar refractivity (Wildman–Crippen MR) is 60.0 cm³/mol. The molecule has 82 valence electrons. The van der Waals surface area contributed by atoms with Gasteiger partial charge >= 0.3 is 0 Å². The van der Waals surface area contributed by atoms with Gasteiger partial charge in [-0.05, 0) is 25.1 Å². The zero-order valence-electron chi connectivity index (χ0n) is 8.75. The van der Waals surface area contributed by atoms with Crippen LogP contribution in [0.15, 0.2) is 22.7 Å². The molecule has 3 nitrogen and oxygen atoms in total. The van der Waals surface area contributed by atoms with E-state index in [0.29, 0.717) is 13.2 Å². The topological polar surface area (TPSA) is 27.7 Å². The van der Waals surface area contributed by atoms with Crippen LogP contribution in [0.4, 0.5) is 0 Å². The number of hydrogen-bond acceptors (Lipinski definition) is 3. The summed E-state index contributed by atoms with van der Waals surface area (Å²) in [4.78, 5) is 0. The van der Waals surface area contributed by atoms with Gasteiger partial charge in [-0.2, -0.15) is 0 Å². The molecule has 1 heterocycles. The number of methoxy groups -OCH3 is 1. The van der Waals surface area contributed by atoms with E-state index >= 15 is 0 Å². The number of hydrogen-bond donors (Lipinski definition) is 0. The van der Waals surface area contributed by atoms with Crippen molar-refractivity contribution in [2.24, 2.45) is 0 Å². The van der Waals surface area contributed by atoms with Crippen LogP contribution < -0.4 is 4.74 Å². The second-order valence-electron chi connectivity index (χ2n) is 3.49. The highest BCUT2D eigenvalue weighted by Gasteiger charge is 2.34. The summed E-state index contributed by atoms with van der Waals surface area (Å²) in [6.45, 7) is 3.19. The molecule has 0 radical (unpaired) electrons. The van der Waals surface area contributed by atoms with Crippen molar-refractivity contribution in [2.45, 2.75) is 12.7 Å². The Morgan fingerprint density at radius 3 is 2.53 bits per heavy atom. The molecular formula is C11H13BrO3. The first-order valence-corrected chi connectivity index (χ1v) is 5.57. The first kappa shape index (κ1) is 10.9. The van der Waals surface area contributed by atoms with E-state index in [-0.39, 0.29) is 0 Å². The van der Waals surface area contributed by atoms with Gasteiger partial charge in [0, 0.05) is 10.0 Å². The fourth-order valence-electron chi connectivity index (χ4n) is 1.66. The Hall–Kier alpha value is -0.580. The predicted octanol–water partition coefficient (Wildman–Crippen LogP) is 2.68. The van der Waals surface area contributed by atoms with Gasteiger partial charge in [-0.25, -0.2) is 0 Å². The molecule has 0 saturated carbocycles. The lowest BCUT2D eigenvalue weighted by Gasteiger charge is -2.24. The van der Waals surface area contributed by atoms with Gasteiger partial charge in [0.1, 0.15) is 5.75 Å². The summed E-state index contributed by atoms with van der Waals surface area (Å²) < 4.78 is 17.2. The molecule has 1 fully saturated rings. The van der Waals surface area contributed by atoms with Crippen molar-refractivity contribution in [3.8, 4) is 5.75 Å². The van der Waals surface area contributed by atoms with Crippen molar-refractivity contribution in [2.75, 3.05) is 20.3 Å². The zero-order valence-corrected chi connectivity index (χ0v) is 10.3. The minimum atomic E-state index is -0.634. The minimum absolute atomic E-state index is 0.634. The number of halogens is 1. The lowest BCUT2D eigenvalue weighted by atomic mass is 10.1. The Balaban J connectivity index is 2.36. The van der Waals surface area contributed by atoms with E-state index in [4.69, 9.17) is 14.2 Å². The van der Waals surface area contributed by atoms with Crippen LogP contribution >= 0.6 is 15.9 Å². The Morgan fingerprint density at radius 2 is 2.00 bits per heavy atom. The monoisotopic (exact) mass is 272 g/mol. The van der Waals surface area contributed by atoms with Crippen LogP contribution in [-0.2, 0) is 15.3 Å². The first-order chi connectivity index (χ1) is 7.15.